The second-order valence-corrected chi connectivity index (χ2v) is 10.0. The number of aliphatic hydroxyl groups excluding tert-OH is 1. The average Bonchev–Trinajstić information content (AvgIpc) is 3.39. The Morgan fingerprint density at radius 2 is 1.48 bits per heavy atom. The van der Waals surface area contributed by atoms with Gasteiger partial charge in [-0.1, -0.05) is 30.3 Å². The van der Waals surface area contributed by atoms with Crippen LogP contribution < -0.4 is 27.4 Å². The zero-order valence-corrected chi connectivity index (χ0v) is 23.1. The third-order valence-electron chi connectivity index (χ3n) is 6.84. The number of nitrogens with two attached hydrogens (primary N) is 2. The van der Waals surface area contributed by atoms with Gasteiger partial charge >= 0.3 is 5.97 Å². The number of carbonyl (C=O) groups is 4. The molecule has 3 amide bonds. The molecule has 0 aliphatic rings. The molecule has 226 valence electrons. The Morgan fingerprint density at radius 3 is 2.14 bits per heavy atom. The number of hydrogen-bond donors (Lipinski definition) is 9. The van der Waals surface area contributed by atoms with Gasteiger partial charge < -0.3 is 47.7 Å². The number of unbranched alkanes of at least 4 members (excludes halogenated alkanes) is 1. The number of aromatic hydroxyl groups is 1. The number of carbonyl (C=O) groups excluding carboxylic acids is 3. The second-order valence-electron chi connectivity index (χ2n) is 10.0. The van der Waals surface area contributed by atoms with Crippen LogP contribution in [0.3, 0.4) is 0 Å². The molecule has 13 heteroatoms. The average molecular weight is 583 g/mol. The second kappa shape index (κ2) is 15.5. The van der Waals surface area contributed by atoms with Crippen LogP contribution in [-0.4, -0.2) is 81.3 Å². The molecule has 2 aromatic carbocycles. The number of aliphatic hydroxyl groups is 1. The zero-order valence-electron chi connectivity index (χ0n) is 23.1. The minimum Gasteiger partial charge on any atom is -0.508 e. The Bertz CT molecular complexity index is 1360. The van der Waals surface area contributed by atoms with Crippen LogP contribution in [-0.2, 0) is 32.0 Å². The summed E-state index contributed by atoms with van der Waals surface area (Å²) in [5, 5.41) is 37.3. The van der Waals surface area contributed by atoms with Crippen molar-refractivity contribution in [3.63, 3.8) is 0 Å². The number of carboxylic acids is 1. The number of H-pyrrole nitrogens is 1. The number of hydrogen-bond acceptors (Lipinski definition) is 8. The number of nitrogens with one attached hydrogen (secondary N) is 4. The van der Waals surface area contributed by atoms with Gasteiger partial charge in [0.15, 0.2) is 0 Å². The molecule has 0 spiro atoms. The molecule has 4 unspecified atom stereocenters. The van der Waals surface area contributed by atoms with E-state index >= 15 is 0 Å². The smallest absolute Gasteiger partial charge is 0.326 e. The van der Waals surface area contributed by atoms with Crippen molar-refractivity contribution in [3.05, 3.63) is 65.9 Å². The zero-order chi connectivity index (χ0) is 30.6. The molecule has 1 aromatic heterocycles. The van der Waals surface area contributed by atoms with Gasteiger partial charge in [-0.2, -0.15) is 0 Å². The molecular formula is C29H38N6O7. The first-order chi connectivity index (χ1) is 20.1. The number of aromatic amines is 1. The number of amides is 3. The summed E-state index contributed by atoms with van der Waals surface area (Å²) >= 11 is 0. The molecule has 13 nitrogen and oxygen atoms in total. The van der Waals surface area contributed by atoms with Gasteiger partial charge in [0, 0.05) is 29.9 Å². The summed E-state index contributed by atoms with van der Waals surface area (Å²) in [5.74, 6) is -3.42. The molecule has 0 saturated carbocycles. The van der Waals surface area contributed by atoms with Gasteiger partial charge in [0.25, 0.3) is 0 Å². The number of carboxylic acid groups (broad SMARTS) is 1. The summed E-state index contributed by atoms with van der Waals surface area (Å²) in [6.07, 6.45) is 2.91. The SMILES string of the molecule is NCCCCC(NC(=O)C(N)CO)C(=O)NC(Cc1ccc(O)cc1)C(=O)NC(Cc1c[nH]c2ccccc12)C(=O)O. The van der Waals surface area contributed by atoms with Gasteiger partial charge in [0.2, 0.25) is 17.7 Å². The third-order valence-corrected chi connectivity index (χ3v) is 6.84. The topological polar surface area (TPSA) is 233 Å². The number of aromatic nitrogens is 1. The lowest BCUT2D eigenvalue weighted by Crippen LogP contribution is -2.58. The van der Waals surface area contributed by atoms with Gasteiger partial charge in [0.1, 0.15) is 29.9 Å². The van der Waals surface area contributed by atoms with E-state index in [1.807, 2.05) is 24.3 Å². The van der Waals surface area contributed by atoms with Crippen molar-refractivity contribution in [2.24, 2.45) is 11.5 Å². The van der Waals surface area contributed by atoms with Crippen molar-refractivity contribution in [1.82, 2.24) is 20.9 Å². The lowest BCUT2D eigenvalue weighted by Gasteiger charge is -2.25. The van der Waals surface area contributed by atoms with E-state index in [2.05, 4.69) is 20.9 Å². The Hall–Kier alpha value is -4.46. The van der Waals surface area contributed by atoms with Crippen LogP contribution in [0, 0.1) is 0 Å². The van der Waals surface area contributed by atoms with Gasteiger partial charge in [-0.05, 0) is 55.1 Å². The van der Waals surface area contributed by atoms with Crippen molar-refractivity contribution < 1.29 is 34.5 Å². The van der Waals surface area contributed by atoms with E-state index in [0.717, 1.165) is 10.9 Å². The molecular weight excluding hydrogens is 544 g/mol. The van der Waals surface area contributed by atoms with Crippen molar-refractivity contribution >= 4 is 34.6 Å². The van der Waals surface area contributed by atoms with Crippen LogP contribution in [0.1, 0.15) is 30.4 Å². The molecule has 3 rings (SSSR count). The molecule has 4 atom stereocenters. The molecule has 0 saturated heterocycles. The van der Waals surface area contributed by atoms with Crippen molar-refractivity contribution in [2.75, 3.05) is 13.2 Å². The molecule has 42 heavy (non-hydrogen) atoms. The Balaban J connectivity index is 1.82. The molecule has 0 aliphatic carbocycles. The van der Waals surface area contributed by atoms with E-state index in [1.165, 1.54) is 12.1 Å². The van der Waals surface area contributed by atoms with Crippen molar-refractivity contribution in [3.8, 4) is 5.75 Å². The quantitative estimate of drug-likeness (QED) is 0.100. The first kappa shape index (κ1) is 32.1. The van der Waals surface area contributed by atoms with E-state index in [1.54, 1.807) is 18.3 Å². The Kier molecular flexibility index (Phi) is 11.8. The maximum atomic E-state index is 13.5. The van der Waals surface area contributed by atoms with Gasteiger partial charge in [-0.25, -0.2) is 4.79 Å². The first-order valence-electron chi connectivity index (χ1n) is 13.7. The van der Waals surface area contributed by atoms with Gasteiger partial charge in [-0.15, -0.1) is 0 Å². The van der Waals surface area contributed by atoms with Crippen LogP contribution in [0.4, 0.5) is 0 Å². The number of rotatable bonds is 16. The van der Waals surface area contributed by atoms with Crippen LogP contribution in [0.2, 0.25) is 0 Å². The normalized spacial score (nSPS) is 14.0. The number of phenolic OH excluding ortho intramolecular Hbond substituents is 1. The van der Waals surface area contributed by atoms with Gasteiger partial charge in [-0.3, -0.25) is 14.4 Å². The molecule has 11 N–H and O–H groups in total. The fourth-order valence-electron chi connectivity index (χ4n) is 4.47. The highest BCUT2D eigenvalue weighted by Gasteiger charge is 2.31. The lowest BCUT2D eigenvalue weighted by atomic mass is 10.0. The summed E-state index contributed by atoms with van der Waals surface area (Å²) in [4.78, 5) is 54.5. The van der Waals surface area contributed by atoms with E-state index in [0.29, 0.717) is 30.5 Å². The summed E-state index contributed by atoms with van der Waals surface area (Å²) in [6, 6.07) is 8.50. The predicted octanol–water partition coefficient (Wildman–Crippen LogP) is -0.354. The van der Waals surface area contributed by atoms with Crippen LogP contribution in [0.25, 0.3) is 10.9 Å². The molecule has 3 aromatic rings. The van der Waals surface area contributed by atoms with Crippen LogP contribution in [0.15, 0.2) is 54.7 Å². The van der Waals surface area contributed by atoms with E-state index < -0.39 is 54.5 Å². The van der Waals surface area contributed by atoms with Crippen molar-refractivity contribution in [2.45, 2.75) is 56.3 Å². The van der Waals surface area contributed by atoms with Crippen LogP contribution in [0.5, 0.6) is 5.75 Å². The highest BCUT2D eigenvalue weighted by Crippen LogP contribution is 2.19. The molecule has 0 fully saturated rings. The first-order valence-corrected chi connectivity index (χ1v) is 13.7. The minimum absolute atomic E-state index is 0.0105. The summed E-state index contributed by atoms with van der Waals surface area (Å²) in [6.45, 7) is -0.251. The molecule has 1 heterocycles. The number of phenols is 1. The third kappa shape index (κ3) is 9.03. The van der Waals surface area contributed by atoms with Gasteiger partial charge in [0.05, 0.1) is 6.61 Å². The Morgan fingerprint density at radius 1 is 0.833 bits per heavy atom. The Labute approximate surface area is 242 Å². The monoisotopic (exact) mass is 582 g/mol. The highest BCUT2D eigenvalue weighted by atomic mass is 16.4. The number of benzene rings is 2. The van der Waals surface area contributed by atoms with Crippen molar-refractivity contribution in [1.29, 1.82) is 0 Å². The lowest BCUT2D eigenvalue weighted by molar-refractivity contribution is -0.142. The standard InChI is InChI=1S/C29H38N6O7/c30-12-4-3-7-23(33-26(38)21(31)16-36)27(39)34-24(13-17-8-10-19(37)11-9-17)28(40)35-25(29(41)42)14-18-15-32-22-6-2-1-5-20(18)22/h1-2,5-6,8-11,15,21,23-25,32,36-37H,3-4,7,12-14,16,30-31H2,(H,33,38)(H,34,39)(H,35,40)(H,41,42). The predicted molar refractivity (Wildman–Crippen MR) is 155 cm³/mol. The highest BCUT2D eigenvalue weighted by molar-refractivity contribution is 5.94. The van der Waals surface area contributed by atoms with E-state index in [9.17, 15) is 34.5 Å². The summed E-state index contributed by atoms with van der Waals surface area (Å²) < 4.78 is 0. The van der Waals surface area contributed by atoms with E-state index in [-0.39, 0.29) is 25.0 Å². The fraction of sp³-hybridized carbons (Fsp3) is 0.379. The van der Waals surface area contributed by atoms with Crippen LogP contribution >= 0.6 is 0 Å². The molecule has 0 aliphatic heterocycles. The number of aliphatic carboxylic acids is 1. The fourth-order valence-corrected chi connectivity index (χ4v) is 4.47. The summed E-state index contributed by atoms with van der Waals surface area (Å²) in [5.41, 5.74) is 13.3. The maximum Gasteiger partial charge on any atom is 0.326 e. The number of fused-ring (bicyclic) bond motifs is 1. The molecule has 0 radical (unpaired) electrons. The van der Waals surface area contributed by atoms with E-state index in [4.69, 9.17) is 11.5 Å². The maximum absolute atomic E-state index is 13.5. The minimum atomic E-state index is -1.31. The molecule has 0 bridgehead atoms. The largest absolute Gasteiger partial charge is 0.508 e. The number of para-hydroxylation sites is 1. The summed E-state index contributed by atoms with van der Waals surface area (Å²) in [7, 11) is 0.